The second-order valence-electron chi connectivity index (χ2n) is 2.85. The largest absolute Gasteiger partial charge is 0.560 e. The van der Waals surface area contributed by atoms with Crippen molar-refractivity contribution in [2.45, 2.75) is 20.8 Å². The van der Waals surface area contributed by atoms with Crippen LogP contribution in [-0.2, 0) is 9.68 Å². The van der Waals surface area contributed by atoms with E-state index in [1.54, 1.807) is 0 Å². The topological polar surface area (TPSA) is 59.9 Å². The Morgan fingerprint density at radius 2 is 1.81 bits per heavy atom. The highest BCUT2D eigenvalue weighted by atomic mass is 16.9. The minimum Gasteiger partial charge on any atom is -0.305 e. The van der Waals surface area contributed by atoms with Crippen molar-refractivity contribution >= 4 is 12.0 Å². The van der Waals surface area contributed by atoms with E-state index in [9.17, 15) is 4.79 Å². The SMILES string of the molecule is CC.Cc1ccc(C2=NOC(=O)ON2)cc1. The van der Waals surface area contributed by atoms with Gasteiger partial charge in [0.2, 0.25) is 5.84 Å². The van der Waals surface area contributed by atoms with Gasteiger partial charge in [-0.3, -0.25) is 4.84 Å². The van der Waals surface area contributed by atoms with E-state index in [0.29, 0.717) is 5.84 Å². The number of hydroxylamine groups is 1. The lowest BCUT2D eigenvalue weighted by Crippen LogP contribution is -2.32. The molecular weight excluding hydrogens is 208 g/mol. The molecule has 2 rings (SSSR count). The zero-order chi connectivity index (χ0) is 12.0. The average molecular weight is 222 g/mol. The van der Waals surface area contributed by atoms with Gasteiger partial charge in [-0.05, 0) is 6.92 Å². The summed E-state index contributed by atoms with van der Waals surface area (Å²) in [5.74, 6) is 0.379. The van der Waals surface area contributed by atoms with Gasteiger partial charge in [-0.1, -0.05) is 48.8 Å². The van der Waals surface area contributed by atoms with Crippen molar-refractivity contribution in [2.75, 3.05) is 0 Å². The van der Waals surface area contributed by atoms with Crippen LogP contribution >= 0.6 is 0 Å². The van der Waals surface area contributed by atoms with Gasteiger partial charge in [-0.2, -0.15) is 10.3 Å². The van der Waals surface area contributed by atoms with Gasteiger partial charge < -0.3 is 4.84 Å². The van der Waals surface area contributed by atoms with Crippen LogP contribution in [0.5, 0.6) is 0 Å². The average Bonchev–Trinajstić information content (AvgIpc) is 2.34. The first-order valence-corrected chi connectivity index (χ1v) is 5.04. The summed E-state index contributed by atoms with van der Waals surface area (Å²) in [4.78, 5) is 19.3. The molecule has 1 aromatic carbocycles. The number of hydrogen-bond donors (Lipinski definition) is 1. The molecule has 0 unspecified atom stereocenters. The molecule has 0 saturated heterocycles. The molecule has 5 heteroatoms. The van der Waals surface area contributed by atoms with E-state index < -0.39 is 6.16 Å². The molecule has 0 aromatic heterocycles. The minimum atomic E-state index is -0.860. The highest BCUT2D eigenvalue weighted by Gasteiger charge is 2.15. The maximum absolute atomic E-state index is 10.5. The molecule has 86 valence electrons. The van der Waals surface area contributed by atoms with Gasteiger partial charge >= 0.3 is 6.16 Å². The molecule has 16 heavy (non-hydrogen) atoms. The van der Waals surface area contributed by atoms with Crippen LogP contribution in [0.15, 0.2) is 29.4 Å². The number of carbonyl (C=O) groups is 1. The third-order valence-electron chi connectivity index (χ3n) is 1.77. The smallest absolute Gasteiger partial charge is 0.305 e. The van der Waals surface area contributed by atoms with Crippen LogP contribution in [0.4, 0.5) is 4.79 Å². The Balaban J connectivity index is 0.000000606. The molecule has 0 spiro atoms. The third-order valence-corrected chi connectivity index (χ3v) is 1.77. The highest BCUT2D eigenvalue weighted by Crippen LogP contribution is 2.06. The molecule has 0 amide bonds. The number of oxime groups is 1. The van der Waals surface area contributed by atoms with E-state index in [1.165, 1.54) is 0 Å². The molecule has 5 nitrogen and oxygen atoms in total. The van der Waals surface area contributed by atoms with Gasteiger partial charge in [0.1, 0.15) is 0 Å². The summed E-state index contributed by atoms with van der Waals surface area (Å²) in [6, 6.07) is 7.55. The molecule has 1 aromatic rings. The molecule has 0 aliphatic carbocycles. The Bertz CT molecular complexity index is 385. The predicted octanol–water partition coefficient (Wildman–Crippen LogP) is 2.35. The maximum Gasteiger partial charge on any atom is 0.560 e. The van der Waals surface area contributed by atoms with Crippen molar-refractivity contribution < 1.29 is 14.5 Å². The zero-order valence-electron chi connectivity index (χ0n) is 9.48. The number of benzene rings is 1. The molecule has 1 heterocycles. The number of amidine groups is 1. The fourth-order valence-electron chi connectivity index (χ4n) is 1.03. The van der Waals surface area contributed by atoms with Crippen LogP contribution in [0.1, 0.15) is 25.0 Å². The standard InChI is InChI=1S/C9H8N2O3.C2H6/c1-6-2-4-7(5-3-6)8-10-13-9(12)14-11-8;1-2/h2-5H,1H3,(H,10,11);1-2H3. The second-order valence-corrected chi connectivity index (χ2v) is 2.85. The van der Waals surface area contributed by atoms with Gasteiger partial charge in [0.25, 0.3) is 0 Å². The molecule has 0 atom stereocenters. The second kappa shape index (κ2) is 5.75. The predicted molar refractivity (Wildman–Crippen MR) is 59.8 cm³/mol. The van der Waals surface area contributed by atoms with Gasteiger partial charge in [-0.25, -0.2) is 0 Å². The van der Waals surface area contributed by atoms with Crippen molar-refractivity contribution in [3.63, 3.8) is 0 Å². The van der Waals surface area contributed by atoms with Crippen molar-refractivity contribution in [2.24, 2.45) is 5.16 Å². The number of hydrogen-bond acceptors (Lipinski definition) is 5. The van der Waals surface area contributed by atoms with Crippen molar-refractivity contribution in [1.82, 2.24) is 5.48 Å². The van der Waals surface area contributed by atoms with E-state index in [-0.39, 0.29) is 0 Å². The molecule has 0 radical (unpaired) electrons. The van der Waals surface area contributed by atoms with Gasteiger partial charge in [-0.15, -0.1) is 0 Å². The van der Waals surface area contributed by atoms with E-state index in [2.05, 4.69) is 20.3 Å². The first kappa shape index (κ1) is 12.0. The summed E-state index contributed by atoms with van der Waals surface area (Å²) in [5.41, 5.74) is 4.32. The summed E-state index contributed by atoms with van der Waals surface area (Å²) < 4.78 is 0. The molecule has 0 saturated carbocycles. The molecular formula is C11H14N2O3. The summed E-state index contributed by atoms with van der Waals surface area (Å²) >= 11 is 0. The zero-order valence-corrected chi connectivity index (χ0v) is 9.48. The van der Waals surface area contributed by atoms with Crippen LogP contribution in [0.25, 0.3) is 0 Å². The Morgan fingerprint density at radius 1 is 1.19 bits per heavy atom. The first-order chi connectivity index (χ1) is 7.75. The Morgan fingerprint density at radius 3 is 2.31 bits per heavy atom. The van der Waals surface area contributed by atoms with Crippen LogP contribution in [-0.4, -0.2) is 12.0 Å². The van der Waals surface area contributed by atoms with Crippen molar-refractivity contribution in [3.05, 3.63) is 35.4 Å². The Labute approximate surface area is 94.0 Å². The monoisotopic (exact) mass is 222 g/mol. The third kappa shape index (κ3) is 2.98. The normalized spacial score (nSPS) is 13.4. The van der Waals surface area contributed by atoms with Crippen molar-refractivity contribution in [1.29, 1.82) is 0 Å². The van der Waals surface area contributed by atoms with Crippen LogP contribution in [0, 0.1) is 6.92 Å². The van der Waals surface area contributed by atoms with Crippen LogP contribution in [0.3, 0.4) is 0 Å². The first-order valence-electron chi connectivity index (χ1n) is 5.04. The Kier molecular flexibility index (Phi) is 4.32. The maximum atomic E-state index is 10.5. The summed E-state index contributed by atoms with van der Waals surface area (Å²) in [7, 11) is 0. The molecule has 1 aliphatic rings. The van der Waals surface area contributed by atoms with Crippen molar-refractivity contribution in [3.8, 4) is 0 Å². The molecule has 0 bridgehead atoms. The number of carbonyl (C=O) groups excluding carboxylic acids is 1. The van der Waals surface area contributed by atoms with Gasteiger partial charge in [0, 0.05) is 5.56 Å². The van der Waals surface area contributed by atoms with E-state index in [0.717, 1.165) is 11.1 Å². The van der Waals surface area contributed by atoms with Gasteiger partial charge in [0.15, 0.2) is 0 Å². The van der Waals surface area contributed by atoms with E-state index in [4.69, 9.17) is 0 Å². The number of rotatable bonds is 1. The Hall–Kier alpha value is -2.04. The van der Waals surface area contributed by atoms with E-state index >= 15 is 0 Å². The number of nitrogens with zero attached hydrogens (tertiary/aromatic N) is 1. The number of aryl methyl sites for hydroxylation is 1. The number of nitrogens with one attached hydrogen (secondary N) is 1. The van der Waals surface area contributed by atoms with Gasteiger partial charge in [0.05, 0.1) is 0 Å². The lowest BCUT2D eigenvalue weighted by molar-refractivity contribution is 0.0210. The van der Waals surface area contributed by atoms with Crippen LogP contribution < -0.4 is 5.48 Å². The molecule has 1 N–H and O–H groups in total. The molecule has 1 aliphatic heterocycles. The quantitative estimate of drug-likeness (QED) is 0.741. The minimum absolute atomic E-state index is 0.379. The lowest BCUT2D eigenvalue weighted by Gasteiger charge is -2.12. The van der Waals surface area contributed by atoms with Crippen LogP contribution in [0.2, 0.25) is 0 Å². The summed E-state index contributed by atoms with van der Waals surface area (Å²) in [6.07, 6.45) is -0.860. The summed E-state index contributed by atoms with van der Waals surface area (Å²) in [5, 5.41) is 3.54. The van der Waals surface area contributed by atoms with E-state index in [1.807, 2.05) is 45.0 Å². The molecule has 0 fully saturated rings. The highest BCUT2D eigenvalue weighted by molar-refractivity contribution is 5.99. The fourth-order valence-corrected chi connectivity index (χ4v) is 1.03. The lowest BCUT2D eigenvalue weighted by atomic mass is 10.1. The fraction of sp³-hybridized carbons (Fsp3) is 0.273. The summed E-state index contributed by atoms with van der Waals surface area (Å²) in [6.45, 7) is 5.98.